The minimum atomic E-state index is -0.468. The molecular formula is C20H19N3O3. The van der Waals surface area contributed by atoms with E-state index in [1.807, 2.05) is 37.3 Å². The molecule has 132 valence electrons. The van der Waals surface area contributed by atoms with Gasteiger partial charge in [0.25, 0.3) is 5.56 Å². The van der Waals surface area contributed by atoms with Crippen LogP contribution in [0.3, 0.4) is 0 Å². The quantitative estimate of drug-likeness (QED) is 0.579. The number of aromatic amines is 1. The van der Waals surface area contributed by atoms with Gasteiger partial charge >= 0.3 is 5.97 Å². The van der Waals surface area contributed by atoms with Gasteiger partial charge in [0.2, 0.25) is 0 Å². The smallest absolute Gasteiger partial charge is 0.340 e. The van der Waals surface area contributed by atoms with Gasteiger partial charge in [-0.3, -0.25) is 14.9 Å². The lowest BCUT2D eigenvalue weighted by Crippen LogP contribution is -2.19. The number of aromatic nitrogens is 2. The summed E-state index contributed by atoms with van der Waals surface area (Å²) in [5.41, 5.74) is 3.08. The van der Waals surface area contributed by atoms with Crippen LogP contribution in [-0.2, 0) is 4.74 Å². The first kappa shape index (κ1) is 17.4. The number of methoxy groups -OCH3 is 1. The van der Waals surface area contributed by atoms with Crippen LogP contribution in [0.2, 0.25) is 0 Å². The van der Waals surface area contributed by atoms with Gasteiger partial charge in [0, 0.05) is 5.69 Å². The van der Waals surface area contributed by atoms with Crippen LogP contribution in [0.1, 0.15) is 28.5 Å². The Labute approximate surface area is 150 Å². The molecule has 6 nitrogen and oxygen atoms in total. The number of carbonyl (C=O) groups excluding carboxylic acids is 1. The molecule has 0 amide bonds. The summed E-state index contributed by atoms with van der Waals surface area (Å²) < 4.78 is 6.28. The first-order valence-corrected chi connectivity index (χ1v) is 8.13. The van der Waals surface area contributed by atoms with Crippen molar-refractivity contribution in [3.63, 3.8) is 0 Å². The number of aliphatic imine (C=N–C) groups is 1. The number of benzene rings is 2. The normalized spacial score (nSPS) is 11.4. The molecule has 0 saturated carbocycles. The second kappa shape index (κ2) is 7.23. The number of para-hydroxylation sites is 2. The van der Waals surface area contributed by atoms with Gasteiger partial charge < -0.3 is 4.74 Å². The van der Waals surface area contributed by atoms with Gasteiger partial charge in [-0.1, -0.05) is 30.3 Å². The summed E-state index contributed by atoms with van der Waals surface area (Å²) in [5, 5.41) is 3.08. The van der Waals surface area contributed by atoms with Crippen LogP contribution >= 0.6 is 0 Å². The van der Waals surface area contributed by atoms with Crippen molar-refractivity contribution in [1.82, 2.24) is 9.78 Å². The van der Waals surface area contributed by atoms with Crippen LogP contribution in [0.5, 0.6) is 0 Å². The molecule has 0 aliphatic rings. The van der Waals surface area contributed by atoms with Crippen LogP contribution in [0.15, 0.2) is 64.4 Å². The van der Waals surface area contributed by atoms with E-state index in [2.05, 4.69) is 10.1 Å². The zero-order valence-electron chi connectivity index (χ0n) is 14.8. The number of nitrogens with zero attached hydrogens (tertiary/aromatic N) is 2. The molecule has 6 heteroatoms. The summed E-state index contributed by atoms with van der Waals surface area (Å²) >= 11 is 0. The molecule has 0 fully saturated rings. The minimum Gasteiger partial charge on any atom is -0.465 e. The summed E-state index contributed by atoms with van der Waals surface area (Å²) in [6.45, 7) is 3.57. The maximum absolute atomic E-state index is 12.9. The van der Waals surface area contributed by atoms with Crippen molar-refractivity contribution in [1.29, 1.82) is 0 Å². The Morgan fingerprint density at radius 1 is 1.08 bits per heavy atom. The first-order valence-electron chi connectivity index (χ1n) is 8.13. The molecule has 0 unspecified atom stereocenters. The third kappa shape index (κ3) is 3.21. The topological polar surface area (TPSA) is 76.4 Å². The van der Waals surface area contributed by atoms with Crippen LogP contribution in [0, 0.1) is 6.92 Å². The number of H-pyrrole nitrogens is 1. The van der Waals surface area contributed by atoms with Crippen LogP contribution < -0.4 is 5.56 Å². The number of esters is 1. The van der Waals surface area contributed by atoms with Crippen molar-refractivity contribution in [2.45, 2.75) is 13.8 Å². The molecule has 2 aromatic carbocycles. The highest BCUT2D eigenvalue weighted by molar-refractivity contribution is 6.03. The fraction of sp³-hybridized carbons (Fsp3) is 0.150. The lowest BCUT2D eigenvalue weighted by Gasteiger charge is -2.04. The average Bonchev–Trinajstić information content (AvgIpc) is 2.96. The molecule has 0 atom stereocenters. The summed E-state index contributed by atoms with van der Waals surface area (Å²) in [6, 6.07) is 16.2. The molecular weight excluding hydrogens is 330 g/mol. The van der Waals surface area contributed by atoms with Crippen LogP contribution in [-0.4, -0.2) is 28.6 Å². The maximum Gasteiger partial charge on any atom is 0.340 e. The van der Waals surface area contributed by atoms with Crippen molar-refractivity contribution in [3.8, 4) is 5.69 Å². The Balaban J connectivity index is 2.09. The predicted molar refractivity (Wildman–Crippen MR) is 101 cm³/mol. The Morgan fingerprint density at radius 2 is 1.73 bits per heavy atom. The molecule has 0 radical (unpaired) electrons. The number of ether oxygens (including phenoxy) is 1. The summed E-state index contributed by atoms with van der Waals surface area (Å²) in [4.78, 5) is 29.3. The zero-order valence-corrected chi connectivity index (χ0v) is 14.8. The van der Waals surface area contributed by atoms with Gasteiger partial charge in [0.05, 0.1) is 35.3 Å². The summed E-state index contributed by atoms with van der Waals surface area (Å²) in [6.07, 6.45) is 0. The highest BCUT2D eigenvalue weighted by Gasteiger charge is 2.16. The molecule has 0 saturated heterocycles. The van der Waals surface area contributed by atoms with E-state index >= 15 is 0 Å². The Kier molecular flexibility index (Phi) is 4.84. The molecule has 3 rings (SSSR count). The number of aryl methyl sites for hydroxylation is 1. The molecule has 0 aliphatic carbocycles. The molecule has 26 heavy (non-hydrogen) atoms. The van der Waals surface area contributed by atoms with E-state index in [1.54, 1.807) is 31.2 Å². The lowest BCUT2D eigenvalue weighted by molar-refractivity contribution is 0.0601. The van der Waals surface area contributed by atoms with Crippen LogP contribution in [0.25, 0.3) is 5.69 Å². The second-order valence-electron chi connectivity index (χ2n) is 5.79. The average molecular weight is 349 g/mol. The van der Waals surface area contributed by atoms with Crippen molar-refractivity contribution in [3.05, 3.63) is 81.8 Å². The van der Waals surface area contributed by atoms with Crippen molar-refractivity contribution >= 4 is 17.4 Å². The van der Waals surface area contributed by atoms with E-state index in [0.717, 1.165) is 5.69 Å². The van der Waals surface area contributed by atoms with Crippen molar-refractivity contribution in [2.24, 2.45) is 4.99 Å². The second-order valence-corrected chi connectivity index (χ2v) is 5.79. The molecule has 0 aliphatic heterocycles. The third-order valence-electron chi connectivity index (χ3n) is 4.05. The fourth-order valence-corrected chi connectivity index (χ4v) is 2.82. The predicted octanol–water partition coefficient (Wildman–Crippen LogP) is 3.40. The number of rotatable bonds is 4. The van der Waals surface area contributed by atoms with E-state index in [-0.39, 0.29) is 5.56 Å². The summed E-state index contributed by atoms with van der Waals surface area (Å²) in [5.74, 6) is -0.468. The van der Waals surface area contributed by atoms with Gasteiger partial charge in [-0.15, -0.1) is 0 Å². The van der Waals surface area contributed by atoms with Gasteiger partial charge in [-0.05, 0) is 38.1 Å². The molecule has 1 N–H and O–H groups in total. The van der Waals surface area contributed by atoms with E-state index in [9.17, 15) is 9.59 Å². The Hall–Kier alpha value is -3.41. The number of carbonyl (C=O) groups is 1. The molecule has 0 spiro atoms. The Bertz CT molecular complexity index is 1030. The number of nitrogens with one attached hydrogen (secondary N) is 1. The Morgan fingerprint density at radius 3 is 2.42 bits per heavy atom. The molecule has 1 heterocycles. The van der Waals surface area contributed by atoms with Crippen molar-refractivity contribution in [2.75, 3.05) is 7.11 Å². The molecule has 3 aromatic rings. The van der Waals surface area contributed by atoms with Crippen molar-refractivity contribution < 1.29 is 9.53 Å². The van der Waals surface area contributed by atoms with Gasteiger partial charge in [-0.2, -0.15) is 0 Å². The third-order valence-corrected chi connectivity index (χ3v) is 4.05. The maximum atomic E-state index is 12.9. The highest BCUT2D eigenvalue weighted by atomic mass is 16.5. The molecule has 0 bridgehead atoms. The number of hydrogen-bond donors (Lipinski definition) is 1. The zero-order chi connectivity index (χ0) is 18.7. The monoisotopic (exact) mass is 349 g/mol. The fourth-order valence-electron chi connectivity index (χ4n) is 2.82. The van der Waals surface area contributed by atoms with E-state index in [0.29, 0.717) is 28.2 Å². The SMILES string of the molecule is COC(=O)c1ccccc1N=C(C)c1c(C)[nH]n(-c2ccccc2)c1=O. The van der Waals surface area contributed by atoms with Gasteiger partial charge in [0.15, 0.2) is 0 Å². The van der Waals surface area contributed by atoms with Crippen LogP contribution in [0.4, 0.5) is 5.69 Å². The van der Waals surface area contributed by atoms with E-state index in [1.165, 1.54) is 11.8 Å². The van der Waals surface area contributed by atoms with E-state index in [4.69, 9.17) is 4.74 Å². The lowest BCUT2D eigenvalue weighted by atomic mass is 10.1. The standard InChI is InChI=1S/C20H19N3O3/c1-13(21-17-12-8-7-11-16(17)20(25)26-3)18-14(2)22-23(19(18)24)15-9-5-4-6-10-15/h4-12,22H,1-3H3. The summed E-state index contributed by atoms with van der Waals surface area (Å²) in [7, 11) is 1.32. The van der Waals surface area contributed by atoms with E-state index < -0.39 is 5.97 Å². The largest absolute Gasteiger partial charge is 0.465 e. The van der Waals surface area contributed by atoms with Gasteiger partial charge in [-0.25, -0.2) is 9.48 Å². The van der Waals surface area contributed by atoms with Gasteiger partial charge in [0.1, 0.15) is 0 Å². The number of hydrogen-bond acceptors (Lipinski definition) is 4. The first-order chi connectivity index (χ1) is 12.5. The minimum absolute atomic E-state index is 0.189. The molecule has 1 aromatic heterocycles. The highest BCUT2D eigenvalue weighted by Crippen LogP contribution is 2.21.